The van der Waals surface area contributed by atoms with E-state index in [1.165, 1.54) is 0 Å². The van der Waals surface area contributed by atoms with E-state index in [1.54, 1.807) is 31.2 Å². The molecule has 0 aliphatic carbocycles. The van der Waals surface area contributed by atoms with E-state index < -0.39 is 6.10 Å². The van der Waals surface area contributed by atoms with Gasteiger partial charge < -0.3 is 10.4 Å². The molecule has 0 saturated heterocycles. The van der Waals surface area contributed by atoms with E-state index in [2.05, 4.69) is 5.32 Å². The number of halogens is 1. The summed E-state index contributed by atoms with van der Waals surface area (Å²) < 4.78 is 0. The molecular formula is C11H14ClNO2. The molecule has 2 N–H and O–H groups in total. The van der Waals surface area contributed by atoms with Crippen molar-refractivity contribution in [2.75, 3.05) is 6.54 Å². The molecule has 0 spiro atoms. The minimum atomic E-state index is -0.406. The lowest BCUT2D eigenvalue weighted by Crippen LogP contribution is -2.26. The lowest BCUT2D eigenvalue weighted by molar-refractivity contribution is 0.0945. The SMILES string of the molecule is CC(O)CCNC(=O)c1ccccc1Cl. The summed E-state index contributed by atoms with van der Waals surface area (Å²) in [5.74, 6) is -0.207. The van der Waals surface area contributed by atoms with Gasteiger partial charge in [0.15, 0.2) is 0 Å². The molecule has 0 heterocycles. The number of nitrogens with one attached hydrogen (secondary N) is 1. The average molecular weight is 228 g/mol. The first kappa shape index (κ1) is 12.0. The zero-order chi connectivity index (χ0) is 11.3. The Balaban J connectivity index is 2.51. The van der Waals surface area contributed by atoms with Gasteiger partial charge in [-0.3, -0.25) is 4.79 Å². The second kappa shape index (κ2) is 5.73. The van der Waals surface area contributed by atoms with Gasteiger partial charge >= 0.3 is 0 Å². The van der Waals surface area contributed by atoms with Gasteiger partial charge in [-0.2, -0.15) is 0 Å². The molecule has 0 fully saturated rings. The van der Waals surface area contributed by atoms with Crippen molar-refractivity contribution in [1.82, 2.24) is 5.32 Å². The van der Waals surface area contributed by atoms with Crippen molar-refractivity contribution < 1.29 is 9.90 Å². The molecule has 15 heavy (non-hydrogen) atoms. The number of carbonyl (C=O) groups is 1. The van der Waals surface area contributed by atoms with Crippen molar-refractivity contribution in [2.24, 2.45) is 0 Å². The fourth-order valence-electron chi connectivity index (χ4n) is 1.14. The highest BCUT2D eigenvalue weighted by Gasteiger charge is 2.08. The number of aliphatic hydroxyl groups is 1. The minimum Gasteiger partial charge on any atom is -0.393 e. The van der Waals surface area contributed by atoms with Crippen molar-refractivity contribution in [3.05, 3.63) is 34.9 Å². The quantitative estimate of drug-likeness (QED) is 0.825. The lowest BCUT2D eigenvalue weighted by Gasteiger charge is -2.07. The second-order valence-corrected chi connectivity index (χ2v) is 3.78. The van der Waals surface area contributed by atoms with Crippen LogP contribution in [0.4, 0.5) is 0 Å². The monoisotopic (exact) mass is 227 g/mol. The van der Waals surface area contributed by atoms with E-state index in [9.17, 15) is 4.79 Å². The molecule has 1 unspecified atom stereocenters. The first-order valence-corrected chi connectivity index (χ1v) is 5.20. The predicted octanol–water partition coefficient (Wildman–Crippen LogP) is 1.84. The van der Waals surface area contributed by atoms with Crippen LogP contribution in [-0.4, -0.2) is 23.7 Å². The molecule has 0 aromatic heterocycles. The fraction of sp³-hybridized carbons (Fsp3) is 0.364. The summed E-state index contributed by atoms with van der Waals surface area (Å²) in [7, 11) is 0. The third-order valence-electron chi connectivity index (χ3n) is 1.97. The fourth-order valence-corrected chi connectivity index (χ4v) is 1.36. The Labute approximate surface area is 94.1 Å². The van der Waals surface area contributed by atoms with E-state index in [0.29, 0.717) is 23.6 Å². The Morgan fingerprint density at radius 3 is 2.80 bits per heavy atom. The Bertz CT molecular complexity index is 339. The highest BCUT2D eigenvalue weighted by molar-refractivity contribution is 6.33. The smallest absolute Gasteiger partial charge is 0.252 e. The van der Waals surface area contributed by atoms with Crippen LogP contribution in [0.2, 0.25) is 5.02 Å². The van der Waals surface area contributed by atoms with Crippen LogP contribution < -0.4 is 5.32 Å². The van der Waals surface area contributed by atoms with Crippen LogP contribution in [-0.2, 0) is 0 Å². The highest BCUT2D eigenvalue weighted by atomic mass is 35.5. The maximum absolute atomic E-state index is 11.6. The van der Waals surface area contributed by atoms with Gasteiger partial charge in [0.1, 0.15) is 0 Å². The summed E-state index contributed by atoms with van der Waals surface area (Å²) in [6.07, 6.45) is 0.132. The molecule has 4 heteroatoms. The molecule has 0 bridgehead atoms. The largest absolute Gasteiger partial charge is 0.393 e. The molecule has 0 radical (unpaired) electrons. The van der Waals surface area contributed by atoms with Gasteiger partial charge in [-0.1, -0.05) is 23.7 Å². The summed E-state index contributed by atoms with van der Waals surface area (Å²) in [6, 6.07) is 6.87. The van der Waals surface area contributed by atoms with Crippen LogP contribution in [0.15, 0.2) is 24.3 Å². The maximum Gasteiger partial charge on any atom is 0.252 e. The van der Waals surface area contributed by atoms with E-state index in [1.807, 2.05) is 0 Å². The first-order chi connectivity index (χ1) is 7.11. The van der Waals surface area contributed by atoms with Gasteiger partial charge in [0.25, 0.3) is 5.91 Å². The van der Waals surface area contributed by atoms with Crippen molar-refractivity contribution in [3.8, 4) is 0 Å². The average Bonchev–Trinajstić information content (AvgIpc) is 2.17. The third kappa shape index (κ3) is 3.90. The summed E-state index contributed by atoms with van der Waals surface area (Å²) in [5, 5.41) is 12.1. The number of amides is 1. The van der Waals surface area contributed by atoms with Crippen molar-refractivity contribution in [1.29, 1.82) is 0 Å². The van der Waals surface area contributed by atoms with Crippen LogP contribution in [0.25, 0.3) is 0 Å². The standard InChI is InChI=1S/C11H14ClNO2/c1-8(14)6-7-13-11(15)9-4-2-3-5-10(9)12/h2-5,8,14H,6-7H2,1H3,(H,13,15). The molecule has 1 atom stereocenters. The number of hydrogen-bond donors (Lipinski definition) is 2. The van der Waals surface area contributed by atoms with Gasteiger partial charge in [-0.15, -0.1) is 0 Å². The number of rotatable bonds is 4. The molecule has 1 aromatic rings. The first-order valence-electron chi connectivity index (χ1n) is 4.82. The van der Waals surface area contributed by atoms with Gasteiger partial charge in [-0.05, 0) is 25.5 Å². The van der Waals surface area contributed by atoms with Crippen molar-refractivity contribution >= 4 is 17.5 Å². The van der Waals surface area contributed by atoms with Crippen LogP contribution >= 0.6 is 11.6 Å². The molecule has 1 rings (SSSR count). The summed E-state index contributed by atoms with van der Waals surface area (Å²) in [4.78, 5) is 11.6. The topological polar surface area (TPSA) is 49.3 Å². The molecular weight excluding hydrogens is 214 g/mol. The molecule has 1 aromatic carbocycles. The Morgan fingerprint density at radius 1 is 1.53 bits per heavy atom. The molecule has 82 valence electrons. The predicted molar refractivity (Wildman–Crippen MR) is 60.1 cm³/mol. The number of aliphatic hydroxyl groups excluding tert-OH is 1. The third-order valence-corrected chi connectivity index (χ3v) is 2.30. The zero-order valence-corrected chi connectivity index (χ0v) is 9.29. The maximum atomic E-state index is 11.6. The van der Waals surface area contributed by atoms with Crippen LogP contribution in [0, 0.1) is 0 Å². The van der Waals surface area contributed by atoms with Crippen molar-refractivity contribution in [2.45, 2.75) is 19.4 Å². The normalized spacial score (nSPS) is 12.2. The molecule has 3 nitrogen and oxygen atoms in total. The van der Waals surface area contributed by atoms with Gasteiger partial charge in [-0.25, -0.2) is 0 Å². The summed E-state index contributed by atoms with van der Waals surface area (Å²) in [5.41, 5.74) is 0.463. The number of benzene rings is 1. The minimum absolute atomic E-state index is 0.207. The Morgan fingerprint density at radius 2 is 2.20 bits per heavy atom. The van der Waals surface area contributed by atoms with E-state index >= 15 is 0 Å². The van der Waals surface area contributed by atoms with E-state index in [0.717, 1.165) is 0 Å². The van der Waals surface area contributed by atoms with Crippen LogP contribution in [0.3, 0.4) is 0 Å². The number of carbonyl (C=O) groups excluding carboxylic acids is 1. The highest BCUT2D eigenvalue weighted by Crippen LogP contribution is 2.14. The molecule has 0 saturated carbocycles. The Hall–Kier alpha value is -1.06. The molecule has 0 aliphatic heterocycles. The molecule has 1 amide bonds. The van der Waals surface area contributed by atoms with Gasteiger partial charge in [0.05, 0.1) is 16.7 Å². The zero-order valence-electron chi connectivity index (χ0n) is 8.53. The van der Waals surface area contributed by atoms with E-state index in [-0.39, 0.29) is 5.91 Å². The van der Waals surface area contributed by atoms with Gasteiger partial charge in [0, 0.05) is 6.54 Å². The van der Waals surface area contributed by atoms with Crippen LogP contribution in [0.1, 0.15) is 23.7 Å². The number of hydrogen-bond acceptors (Lipinski definition) is 2. The van der Waals surface area contributed by atoms with Gasteiger partial charge in [0.2, 0.25) is 0 Å². The van der Waals surface area contributed by atoms with Crippen molar-refractivity contribution in [3.63, 3.8) is 0 Å². The Kier molecular flexibility index (Phi) is 4.59. The summed E-state index contributed by atoms with van der Waals surface area (Å²) in [6.45, 7) is 2.13. The van der Waals surface area contributed by atoms with Crippen LogP contribution in [0.5, 0.6) is 0 Å². The molecule has 0 aliphatic rings. The lowest BCUT2D eigenvalue weighted by atomic mass is 10.2. The van der Waals surface area contributed by atoms with E-state index in [4.69, 9.17) is 16.7 Å². The second-order valence-electron chi connectivity index (χ2n) is 3.37. The summed E-state index contributed by atoms with van der Waals surface area (Å²) >= 11 is 5.85.